The van der Waals surface area contributed by atoms with Crippen molar-refractivity contribution in [2.24, 2.45) is 24.8 Å². The number of aromatic nitrogens is 2. The Morgan fingerprint density at radius 2 is 1.81 bits per heavy atom. The molecule has 10 nitrogen and oxygen atoms in total. The number of aliphatic hydroxyl groups excluding tert-OH is 2. The van der Waals surface area contributed by atoms with Gasteiger partial charge in [-0.2, -0.15) is 0 Å². The molecule has 2 N–H and O–H groups in total. The summed E-state index contributed by atoms with van der Waals surface area (Å²) in [5.74, 6) is -1.15. The standard InChI is InChI=1S/C16H26N2O4.C15H25O4.W/c1-6-15(16(20)22-11(2)3)13(9-21-12(4)19)7-14-8-18(5)10-17-14;1-11(2)19-15(18)8-6-4-3-5-7-12-9-13(16)10-14(12)17;/h8,10-11,13,15H,6-7,9H2,1-5H3;3,5,9,11-14,16-17H,4,6-8,10H2,1-2H3;/q;-1;/b;5-3-;/t13-,15-;12-,13+,14+;/m01./s1. The molecule has 0 spiro atoms. The summed E-state index contributed by atoms with van der Waals surface area (Å²) in [5.41, 5.74) is 0.871. The molecule has 1 saturated carbocycles. The van der Waals surface area contributed by atoms with E-state index < -0.39 is 12.2 Å². The largest absolute Gasteiger partial charge is 0.466 e. The fraction of sp³-hybridized carbons (Fsp3) is 0.710. The van der Waals surface area contributed by atoms with Gasteiger partial charge >= 0.3 is 17.9 Å². The average Bonchev–Trinajstić information content (AvgIpc) is 3.42. The second-order valence-electron chi connectivity index (χ2n) is 11.2. The van der Waals surface area contributed by atoms with E-state index in [2.05, 4.69) is 4.98 Å². The van der Waals surface area contributed by atoms with Crippen molar-refractivity contribution in [3.05, 3.63) is 36.8 Å². The second kappa shape index (κ2) is 21.6. The average molecular weight is 764 g/mol. The molecule has 1 aliphatic rings. The van der Waals surface area contributed by atoms with Crippen LogP contribution in [-0.4, -0.2) is 68.7 Å². The van der Waals surface area contributed by atoms with E-state index in [4.69, 9.17) is 14.2 Å². The number of carbonyl (C=O) groups is 3. The van der Waals surface area contributed by atoms with Gasteiger partial charge in [-0.25, -0.2) is 4.98 Å². The minimum atomic E-state index is -0.473. The van der Waals surface area contributed by atoms with Crippen molar-refractivity contribution < 1.29 is 59.9 Å². The summed E-state index contributed by atoms with van der Waals surface area (Å²) in [7, 11) is 1.89. The zero-order valence-corrected chi connectivity index (χ0v) is 29.2. The van der Waals surface area contributed by atoms with E-state index in [0.717, 1.165) is 25.0 Å². The molecule has 5 atom stereocenters. The van der Waals surface area contributed by atoms with Gasteiger partial charge in [0.15, 0.2) is 0 Å². The first-order valence-corrected chi connectivity index (χ1v) is 14.7. The number of aliphatic hydroxyl groups is 2. The molecule has 1 aromatic heterocycles. The maximum Gasteiger partial charge on any atom is 0.309 e. The van der Waals surface area contributed by atoms with Gasteiger partial charge < -0.3 is 29.0 Å². The van der Waals surface area contributed by atoms with Gasteiger partial charge in [-0.05, 0) is 59.8 Å². The minimum absolute atomic E-state index is 0. The molecule has 0 saturated heterocycles. The van der Waals surface area contributed by atoms with Crippen LogP contribution >= 0.6 is 0 Å². The molecule has 0 aliphatic heterocycles. The second-order valence-corrected chi connectivity index (χ2v) is 11.2. The minimum Gasteiger partial charge on any atom is -0.466 e. The number of ether oxygens (including phenoxy) is 3. The summed E-state index contributed by atoms with van der Waals surface area (Å²) in [5, 5.41) is 19.0. The Labute approximate surface area is 265 Å². The number of carbonyl (C=O) groups excluding carboxylic acids is 3. The van der Waals surface area contributed by atoms with Gasteiger partial charge in [0.1, 0.15) is 0 Å². The molecule has 1 fully saturated rings. The number of hydrogen-bond donors (Lipinski definition) is 2. The molecule has 42 heavy (non-hydrogen) atoms. The monoisotopic (exact) mass is 763 g/mol. The molecule has 1 aliphatic carbocycles. The van der Waals surface area contributed by atoms with Crippen LogP contribution in [0.5, 0.6) is 0 Å². The predicted molar refractivity (Wildman–Crippen MR) is 155 cm³/mol. The van der Waals surface area contributed by atoms with Crippen LogP contribution in [0.4, 0.5) is 0 Å². The molecule has 0 aromatic carbocycles. The first kappa shape index (κ1) is 40.0. The summed E-state index contributed by atoms with van der Waals surface area (Å²) in [6.07, 6.45) is 12.8. The van der Waals surface area contributed by atoms with Crippen LogP contribution < -0.4 is 0 Å². The smallest absolute Gasteiger partial charge is 0.309 e. The van der Waals surface area contributed by atoms with Crippen LogP contribution in [0.1, 0.15) is 85.8 Å². The molecule has 1 heterocycles. The molecular weight excluding hydrogens is 712 g/mol. The summed E-state index contributed by atoms with van der Waals surface area (Å²) < 4.78 is 17.4. The molecule has 240 valence electrons. The Balaban J connectivity index is 0.000000790. The molecule has 0 unspecified atom stereocenters. The van der Waals surface area contributed by atoms with Crippen LogP contribution in [0.15, 0.2) is 24.7 Å². The predicted octanol–water partition coefficient (Wildman–Crippen LogP) is 4.12. The van der Waals surface area contributed by atoms with Gasteiger partial charge in [0.05, 0.1) is 36.8 Å². The molecule has 1 aromatic rings. The topological polar surface area (TPSA) is 137 Å². The fourth-order valence-corrected chi connectivity index (χ4v) is 4.60. The van der Waals surface area contributed by atoms with E-state index in [1.165, 1.54) is 6.92 Å². The van der Waals surface area contributed by atoms with Crippen molar-refractivity contribution >= 4 is 17.9 Å². The van der Waals surface area contributed by atoms with E-state index in [9.17, 15) is 24.6 Å². The summed E-state index contributed by atoms with van der Waals surface area (Å²) in [6.45, 7) is 10.8. The number of aryl methyl sites for hydroxylation is 1. The first-order valence-electron chi connectivity index (χ1n) is 14.7. The number of nitrogens with zero attached hydrogens (tertiary/aromatic N) is 2. The Morgan fingerprint density at radius 3 is 2.31 bits per heavy atom. The van der Waals surface area contributed by atoms with Crippen molar-refractivity contribution in [3.63, 3.8) is 0 Å². The summed E-state index contributed by atoms with van der Waals surface area (Å²) in [4.78, 5) is 38.9. The zero-order chi connectivity index (χ0) is 30.9. The van der Waals surface area contributed by atoms with Gasteiger partial charge in [-0.15, -0.1) is 5.92 Å². The van der Waals surface area contributed by atoms with Gasteiger partial charge in [0.25, 0.3) is 0 Å². The Kier molecular flexibility index (Phi) is 20.6. The summed E-state index contributed by atoms with van der Waals surface area (Å²) in [6, 6.07) is 0. The molecule has 0 bridgehead atoms. The van der Waals surface area contributed by atoms with Crippen molar-refractivity contribution in [3.8, 4) is 0 Å². The van der Waals surface area contributed by atoms with Crippen LogP contribution in [-0.2, 0) is 63.1 Å². The summed E-state index contributed by atoms with van der Waals surface area (Å²) >= 11 is 0. The number of unbranched alkanes of at least 4 members (excludes halogenated alkanes) is 1. The molecule has 0 radical (unpaired) electrons. The maximum atomic E-state index is 12.3. The van der Waals surface area contributed by atoms with E-state index >= 15 is 0 Å². The number of rotatable bonds is 15. The Morgan fingerprint density at radius 1 is 1.14 bits per heavy atom. The molecule has 11 heteroatoms. The van der Waals surface area contributed by atoms with Crippen LogP contribution in [0.25, 0.3) is 0 Å². The third-order valence-corrected chi connectivity index (χ3v) is 6.53. The van der Waals surface area contributed by atoms with Gasteiger partial charge in [0, 0.05) is 59.7 Å². The van der Waals surface area contributed by atoms with Gasteiger partial charge in [-0.1, -0.05) is 31.6 Å². The number of esters is 3. The van der Waals surface area contributed by atoms with Crippen LogP contribution in [0, 0.1) is 24.2 Å². The van der Waals surface area contributed by atoms with Gasteiger partial charge in [-0.3, -0.25) is 20.8 Å². The van der Waals surface area contributed by atoms with Crippen molar-refractivity contribution in [2.75, 3.05) is 6.61 Å². The number of allylic oxidation sites excluding steroid dienone is 2. The molecule has 2 rings (SSSR count). The third kappa shape index (κ3) is 17.2. The van der Waals surface area contributed by atoms with E-state index in [-0.39, 0.29) is 75.5 Å². The molecular formula is C31H51N2O8W-. The van der Waals surface area contributed by atoms with Crippen LogP contribution in [0.2, 0.25) is 0 Å². The fourth-order valence-electron chi connectivity index (χ4n) is 4.60. The molecule has 0 amide bonds. The zero-order valence-electron chi connectivity index (χ0n) is 26.2. The Bertz CT molecular complexity index is 949. The van der Waals surface area contributed by atoms with E-state index in [1.54, 1.807) is 12.7 Å². The van der Waals surface area contributed by atoms with Crippen molar-refractivity contribution in [1.82, 2.24) is 9.55 Å². The third-order valence-electron chi connectivity index (χ3n) is 6.53. The SMILES string of the molecule is CC(C)OC(=O)CCC/C=C\C[C@@H]1[CH-][C@H](O)C[C@@H]1O.CC[C@H](C(=O)OC(C)C)[C@H](COC(C)=O)Cc1cn(C)cn1.[W]. The first-order chi connectivity index (χ1) is 19.3. The van der Waals surface area contributed by atoms with Crippen molar-refractivity contribution in [2.45, 2.75) is 111 Å². The van der Waals surface area contributed by atoms with Crippen molar-refractivity contribution in [1.29, 1.82) is 0 Å². The number of hydrogen-bond acceptors (Lipinski definition) is 9. The van der Waals surface area contributed by atoms with Crippen LogP contribution in [0.3, 0.4) is 0 Å². The number of imidazole rings is 1. The van der Waals surface area contributed by atoms with E-state index in [0.29, 0.717) is 25.7 Å². The van der Waals surface area contributed by atoms with E-state index in [1.807, 2.05) is 64.6 Å². The maximum absolute atomic E-state index is 12.3. The van der Waals surface area contributed by atoms with Gasteiger partial charge in [0.2, 0.25) is 0 Å². The Hall–Kier alpha value is -2.03. The quantitative estimate of drug-likeness (QED) is 0.0890. The normalized spacial score (nSPS) is 19.5.